The number of nitrogens with zero attached hydrogens (tertiary/aromatic N) is 1. The minimum atomic E-state index is -2.06. The van der Waals surface area contributed by atoms with Gasteiger partial charge in [0.1, 0.15) is 12.2 Å². The van der Waals surface area contributed by atoms with Crippen LogP contribution in [-0.4, -0.2) is 56.2 Å². The molecule has 2 amide bonds. The number of carbonyl (C=O) groups excluding carboxylic acids is 2. The number of rotatable bonds is 5. The third-order valence-electron chi connectivity index (χ3n) is 5.86. The number of nitrogens with one attached hydrogen (secondary N) is 1. The summed E-state index contributed by atoms with van der Waals surface area (Å²) in [5.74, 6) is 0. The van der Waals surface area contributed by atoms with Gasteiger partial charge in [0.15, 0.2) is 8.32 Å². The molecule has 32 heavy (non-hydrogen) atoms. The lowest BCUT2D eigenvalue weighted by atomic mass is 10.0. The number of hydrogen-bond donors (Lipinski definition) is 1. The molecule has 0 aliphatic carbocycles. The highest BCUT2D eigenvalue weighted by atomic mass is 28.4. The van der Waals surface area contributed by atoms with E-state index in [1.807, 2.05) is 51.1 Å². The van der Waals surface area contributed by atoms with Gasteiger partial charge in [0.05, 0.1) is 12.1 Å². The van der Waals surface area contributed by atoms with Crippen molar-refractivity contribution in [3.8, 4) is 0 Å². The Morgan fingerprint density at radius 2 is 1.69 bits per heavy atom. The Morgan fingerprint density at radius 1 is 1.06 bits per heavy atom. The second-order valence-corrected chi connectivity index (χ2v) is 15.8. The van der Waals surface area contributed by atoms with Gasteiger partial charge in [-0.15, -0.1) is 0 Å². The quantitative estimate of drug-likeness (QED) is 0.597. The Kier molecular flexibility index (Phi) is 8.39. The Morgan fingerprint density at radius 3 is 2.25 bits per heavy atom. The minimum absolute atomic E-state index is 0.0389. The summed E-state index contributed by atoms with van der Waals surface area (Å²) in [5.41, 5.74) is 0.333. The zero-order valence-electron chi connectivity index (χ0n) is 20.9. The van der Waals surface area contributed by atoms with E-state index in [1.165, 1.54) is 0 Å². The first-order chi connectivity index (χ1) is 14.7. The molecular weight excluding hydrogens is 424 g/mol. The second kappa shape index (κ2) is 10.3. The number of benzene rings is 1. The number of carbonyl (C=O) groups is 2. The largest absolute Gasteiger partial charge is 0.445 e. The van der Waals surface area contributed by atoms with Gasteiger partial charge in [-0.2, -0.15) is 0 Å². The number of likely N-dealkylation sites (tertiary alicyclic amines) is 1. The van der Waals surface area contributed by atoms with Crippen LogP contribution < -0.4 is 5.32 Å². The van der Waals surface area contributed by atoms with Crippen molar-refractivity contribution in [2.45, 2.75) is 90.4 Å². The van der Waals surface area contributed by atoms with Crippen molar-refractivity contribution >= 4 is 20.5 Å². The summed E-state index contributed by atoms with van der Waals surface area (Å²) in [7, 11) is -2.06. The van der Waals surface area contributed by atoms with E-state index >= 15 is 0 Å². The average Bonchev–Trinajstić information content (AvgIpc) is 2.63. The maximum absolute atomic E-state index is 12.9. The highest BCUT2D eigenvalue weighted by Gasteiger charge is 2.42. The van der Waals surface area contributed by atoms with E-state index in [0.717, 1.165) is 5.56 Å². The molecule has 8 heteroatoms. The molecule has 180 valence electrons. The molecule has 1 N–H and O–H groups in total. The van der Waals surface area contributed by atoms with Gasteiger partial charge >= 0.3 is 12.2 Å². The van der Waals surface area contributed by atoms with E-state index in [1.54, 1.807) is 4.90 Å². The maximum atomic E-state index is 12.9. The van der Waals surface area contributed by atoms with Gasteiger partial charge in [-0.3, -0.25) is 0 Å². The van der Waals surface area contributed by atoms with Crippen LogP contribution in [0.3, 0.4) is 0 Å². The van der Waals surface area contributed by atoms with Crippen LogP contribution in [-0.2, 0) is 20.5 Å². The zero-order chi connectivity index (χ0) is 24.2. The molecule has 1 saturated heterocycles. The van der Waals surface area contributed by atoms with E-state index in [0.29, 0.717) is 19.5 Å². The van der Waals surface area contributed by atoms with Crippen LogP contribution in [0.2, 0.25) is 18.1 Å². The molecule has 0 aromatic heterocycles. The van der Waals surface area contributed by atoms with Gasteiger partial charge in [0.25, 0.3) is 0 Å². The lowest BCUT2D eigenvalue weighted by Gasteiger charge is -2.44. The highest BCUT2D eigenvalue weighted by molar-refractivity contribution is 6.74. The molecule has 0 unspecified atom stereocenters. The molecule has 0 spiro atoms. The van der Waals surface area contributed by atoms with Gasteiger partial charge < -0.3 is 24.1 Å². The fourth-order valence-corrected chi connectivity index (χ4v) is 4.63. The van der Waals surface area contributed by atoms with Gasteiger partial charge in [-0.1, -0.05) is 51.1 Å². The molecule has 0 saturated carbocycles. The molecule has 7 nitrogen and oxygen atoms in total. The van der Waals surface area contributed by atoms with E-state index in [9.17, 15) is 9.59 Å². The molecule has 1 heterocycles. The van der Waals surface area contributed by atoms with Crippen LogP contribution >= 0.6 is 0 Å². The Bertz CT molecular complexity index is 771. The molecule has 1 aliphatic heterocycles. The van der Waals surface area contributed by atoms with E-state index in [-0.39, 0.29) is 23.8 Å². The van der Waals surface area contributed by atoms with Crippen LogP contribution in [0.4, 0.5) is 9.59 Å². The third kappa shape index (κ3) is 8.13. The summed E-state index contributed by atoms with van der Waals surface area (Å²) in [6.07, 6.45) is -0.468. The molecule has 1 aliphatic rings. The van der Waals surface area contributed by atoms with Crippen LogP contribution in [0, 0.1) is 0 Å². The van der Waals surface area contributed by atoms with Crippen molar-refractivity contribution in [1.29, 1.82) is 0 Å². The SMILES string of the molecule is CC(C)(C)OC(=O)N[C@@H]1C[C@@H](O[Si](C)(C)C(C)(C)C)CN(C(=O)OCc2ccccc2)C1. The lowest BCUT2D eigenvalue weighted by Crippen LogP contribution is -2.57. The second-order valence-electron chi connectivity index (χ2n) is 11.0. The first-order valence-corrected chi connectivity index (χ1v) is 14.2. The first-order valence-electron chi connectivity index (χ1n) is 11.3. The molecule has 1 aromatic carbocycles. The molecule has 2 rings (SSSR count). The smallest absolute Gasteiger partial charge is 0.410 e. The molecule has 1 fully saturated rings. The van der Waals surface area contributed by atoms with Crippen LogP contribution in [0.5, 0.6) is 0 Å². The van der Waals surface area contributed by atoms with Gasteiger partial charge in [0, 0.05) is 13.1 Å². The summed E-state index contributed by atoms with van der Waals surface area (Å²) in [6.45, 7) is 17.4. The average molecular weight is 465 g/mol. The summed E-state index contributed by atoms with van der Waals surface area (Å²) in [6, 6.07) is 9.30. The van der Waals surface area contributed by atoms with Crippen molar-refractivity contribution in [3.63, 3.8) is 0 Å². The molecule has 0 bridgehead atoms. The Hall–Kier alpha value is -2.06. The number of hydrogen-bond acceptors (Lipinski definition) is 5. The summed E-state index contributed by atoms with van der Waals surface area (Å²) >= 11 is 0. The van der Waals surface area contributed by atoms with Crippen molar-refractivity contribution in [2.24, 2.45) is 0 Å². The van der Waals surface area contributed by atoms with Crippen LogP contribution in [0.15, 0.2) is 30.3 Å². The minimum Gasteiger partial charge on any atom is -0.445 e. The molecule has 2 atom stereocenters. The van der Waals surface area contributed by atoms with Crippen LogP contribution in [0.25, 0.3) is 0 Å². The van der Waals surface area contributed by atoms with Gasteiger partial charge in [-0.05, 0) is 50.9 Å². The van der Waals surface area contributed by atoms with Crippen molar-refractivity contribution in [3.05, 3.63) is 35.9 Å². The third-order valence-corrected chi connectivity index (χ3v) is 10.4. The summed E-state index contributed by atoms with van der Waals surface area (Å²) in [4.78, 5) is 26.9. The van der Waals surface area contributed by atoms with Gasteiger partial charge in [-0.25, -0.2) is 9.59 Å². The van der Waals surface area contributed by atoms with E-state index in [4.69, 9.17) is 13.9 Å². The Balaban J connectivity index is 2.09. The molecule has 0 radical (unpaired) electrons. The number of piperidine rings is 1. The lowest BCUT2D eigenvalue weighted by molar-refractivity contribution is 0.0265. The molecule has 1 aromatic rings. The normalized spacial score (nSPS) is 19.9. The van der Waals surface area contributed by atoms with Crippen molar-refractivity contribution < 1.29 is 23.5 Å². The predicted molar refractivity (Wildman–Crippen MR) is 128 cm³/mol. The van der Waals surface area contributed by atoms with E-state index in [2.05, 4.69) is 39.2 Å². The fourth-order valence-electron chi connectivity index (χ4n) is 3.27. The van der Waals surface area contributed by atoms with Crippen LogP contribution in [0.1, 0.15) is 53.5 Å². The first kappa shape index (κ1) is 26.2. The van der Waals surface area contributed by atoms with Crippen molar-refractivity contribution in [1.82, 2.24) is 10.2 Å². The number of alkyl carbamates (subject to hydrolysis) is 1. The zero-order valence-corrected chi connectivity index (χ0v) is 21.9. The topological polar surface area (TPSA) is 77.1 Å². The molecular formula is C24H40N2O5Si. The Labute approximate surface area is 193 Å². The van der Waals surface area contributed by atoms with Crippen molar-refractivity contribution in [2.75, 3.05) is 13.1 Å². The number of amides is 2. The summed E-state index contributed by atoms with van der Waals surface area (Å²) in [5, 5.41) is 2.95. The predicted octanol–water partition coefficient (Wildman–Crippen LogP) is 5.31. The van der Waals surface area contributed by atoms with E-state index < -0.39 is 26.1 Å². The summed E-state index contributed by atoms with van der Waals surface area (Å²) < 4.78 is 17.6. The number of ether oxygens (including phenoxy) is 2. The highest BCUT2D eigenvalue weighted by Crippen LogP contribution is 2.38. The van der Waals surface area contributed by atoms with Gasteiger partial charge in [0.2, 0.25) is 0 Å². The monoisotopic (exact) mass is 464 g/mol. The fraction of sp³-hybridized carbons (Fsp3) is 0.667. The standard InChI is InChI=1S/C24H40N2O5Si/c1-23(2,3)30-21(27)25-19-14-20(31-32(7,8)24(4,5)6)16-26(15-19)22(28)29-17-18-12-10-9-11-13-18/h9-13,19-20H,14-17H2,1-8H3,(H,25,27)/t19-,20-/m1/s1. The maximum Gasteiger partial charge on any atom is 0.410 e.